The van der Waals surface area contributed by atoms with E-state index in [1.807, 2.05) is 0 Å². The van der Waals surface area contributed by atoms with Gasteiger partial charge < -0.3 is 5.11 Å². The first kappa shape index (κ1) is 17.8. The Kier molecular flexibility index (Phi) is 4.58. The van der Waals surface area contributed by atoms with Gasteiger partial charge in [0.15, 0.2) is 10.9 Å². The third-order valence-electron chi connectivity index (χ3n) is 4.33. The van der Waals surface area contributed by atoms with Gasteiger partial charge in [-0.15, -0.1) is 11.3 Å². The van der Waals surface area contributed by atoms with Crippen LogP contribution < -0.4 is 5.56 Å². The zero-order chi connectivity index (χ0) is 19.7. The van der Waals surface area contributed by atoms with Gasteiger partial charge in [-0.25, -0.2) is 9.55 Å². The molecule has 0 atom stereocenters. The number of Topliss-reactive ketones (excluding diaryl/α,β-unsaturated/α-hetero) is 1. The molecule has 0 unspecified atom stereocenters. The SMILES string of the molecule is CC(=O)c1ccc(N=Cc2c(O)n(-c3nccs3)c(=O)c3ccccc23)cc1. The minimum absolute atomic E-state index is 0.0188. The number of aromatic nitrogens is 2. The molecule has 4 aromatic rings. The molecule has 0 aliphatic rings. The van der Waals surface area contributed by atoms with Gasteiger partial charge in [-0.3, -0.25) is 14.6 Å². The van der Waals surface area contributed by atoms with Gasteiger partial charge >= 0.3 is 0 Å². The van der Waals surface area contributed by atoms with Gasteiger partial charge in [0.25, 0.3) is 5.56 Å². The molecule has 28 heavy (non-hydrogen) atoms. The van der Waals surface area contributed by atoms with E-state index in [-0.39, 0.29) is 17.2 Å². The third-order valence-corrected chi connectivity index (χ3v) is 5.09. The van der Waals surface area contributed by atoms with Gasteiger partial charge in [0.2, 0.25) is 5.88 Å². The monoisotopic (exact) mass is 389 g/mol. The summed E-state index contributed by atoms with van der Waals surface area (Å²) >= 11 is 1.26. The fourth-order valence-electron chi connectivity index (χ4n) is 2.91. The molecule has 2 aromatic heterocycles. The van der Waals surface area contributed by atoms with Crippen molar-refractivity contribution in [2.45, 2.75) is 6.92 Å². The van der Waals surface area contributed by atoms with Crippen molar-refractivity contribution in [1.29, 1.82) is 0 Å². The van der Waals surface area contributed by atoms with Crippen molar-refractivity contribution in [1.82, 2.24) is 9.55 Å². The van der Waals surface area contributed by atoms with Crippen LogP contribution in [0.4, 0.5) is 5.69 Å². The zero-order valence-corrected chi connectivity index (χ0v) is 15.7. The highest BCUT2D eigenvalue weighted by Crippen LogP contribution is 2.27. The highest BCUT2D eigenvalue weighted by Gasteiger charge is 2.17. The summed E-state index contributed by atoms with van der Waals surface area (Å²) in [6.07, 6.45) is 3.09. The molecule has 1 N–H and O–H groups in total. The van der Waals surface area contributed by atoms with Gasteiger partial charge in [0, 0.05) is 34.1 Å². The van der Waals surface area contributed by atoms with E-state index >= 15 is 0 Å². The van der Waals surface area contributed by atoms with E-state index in [2.05, 4.69) is 9.98 Å². The second kappa shape index (κ2) is 7.21. The van der Waals surface area contributed by atoms with Gasteiger partial charge in [0.1, 0.15) is 0 Å². The van der Waals surface area contributed by atoms with E-state index in [9.17, 15) is 14.7 Å². The lowest BCUT2D eigenvalue weighted by Crippen LogP contribution is -2.19. The number of benzene rings is 2. The van der Waals surface area contributed by atoms with Crippen molar-refractivity contribution >= 4 is 39.8 Å². The van der Waals surface area contributed by atoms with Crippen LogP contribution in [-0.2, 0) is 0 Å². The number of ketones is 1. The number of thiazole rings is 1. The Morgan fingerprint density at radius 1 is 1.14 bits per heavy atom. The summed E-state index contributed by atoms with van der Waals surface area (Å²) in [5.74, 6) is -0.238. The number of rotatable bonds is 4. The molecular formula is C21H15N3O3S. The first-order valence-corrected chi connectivity index (χ1v) is 9.36. The number of carbonyl (C=O) groups excluding carboxylic acids is 1. The Balaban J connectivity index is 1.88. The van der Waals surface area contributed by atoms with Crippen LogP contribution in [0.3, 0.4) is 0 Å². The summed E-state index contributed by atoms with van der Waals surface area (Å²) in [4.78, 5) is 32.8. The Hall–Kier alpha value is -3.58. The number of aliphatic imine (C=N–C) groups is 1. The Morgan fingerprint density at radius 3 is 2.50 bits per heavy atom. The Bertz CT molecular complexity index is 1260. The number of nitrogens with zero attached hydrogens (tertiary/aromatic N) is 3. The molecule has 0 amide bonds. The maximum atomic E-state index is 12.9. The van der Waals surface area contributed by atoms with Crippen LogP contribution in [-0.4, -0.2) is 26.7 Å². The predicted molar refractivity (Wildman–Crippen MR) is 111 cm³/mol. The molecule has 6 nitrogen and oxygen atoms in total. The third kappa shape index (κ3) is 3.12. The lowest BCUT2D eigenvalue weighted by atomic mass is 10.1. The van der Waals surface area contributed by atoms with Gasteiger partial charge in [-0.2, -0.15) is 0 Å². The average Bonchev–Trinajstić information content (AvgIpc) is 3.22. The smallest absolute Gasteiger partial charge is 0.267 e. The second-order valence-electron chi connectivity index (χ2n) is 6.10. The van der Waals surface area contributed by atoms with Crippen LogP contribution in [0.25, 0.3) is 15.9 Å². The topological polar surface area (TPSA) is 84.5 Å². The zero-order valence-electron chi connectivity index (χ0n) is 14.9. The molecule has 0 spiro atoms. The number of aromatic hydroxyl groups is 1. The molecule has 2 aromatic carbocycles. The number of hydrogen-bond donors (Lipinski definition) is 1. The minimum atomic E-state index is -0.342. The van der Waals surface area contributed by atoms with Crippen molar-refractivity contribution < 1.29 is 9.90 Å². The summed E-state index contributed by atoms with van der Waals surface area (Å²) in [6.45, 7) is 1.50. The van der Waals surface area contributed by atoms with E-state index in [1.165, 1.54) is 29.0 Å². The highest BCUT2D eigenvalue weighted by atomic mass is 32.1. The van der Waals surface area contributed by atoms with Crippen molar-refractivity contribution in [3.8, 4) is 11.0 Å². The first-order chi connectivity index (χ1) is 13.6. The molecule has 138 valence electrons. The number of carbonyl (C=O) groups is 1. The van der Waals surface area contributed by atoms with Crippen molar-refractivity contribution in [3.05, 3.63) is 81.6 Å². The summed E-state index contributed by atoms with van der Waals surface area (Å²) < 4.78 is 1.19. The van der Waals surface area contributed by atoms with Crippen LogP contribution in [0.2, 0.25) is 0 Å². The van der Waals surface area contributed by atoms with E-state index in [0.717, 1.165) is 0 Å². The molecule has 0 aliphatic heterocycles. The summed E-state index contributed by atoms with van der Waals surface area (Å²) in [5, 5.41) is 14.0. The summed E-state index contributed by atoms with van der Waals surface area (Å²) in [5.41, 5.74) is 1.30. The Morgan fingerprint density at radius 2 is 1.86 bits per heavy atom. The fourth-order valence-corrected chi connectivity index (χ4v) is 3.55. The average molecular weight is 389 g/mol. The van der Waals surface area contributed by atoms with Crippen LogP contribution in [0.1, 0.15) is 22.8 Å². The second-order valence-corrected chi connectivity index (χ2v) is 6.97. The van der Waals surface area contributed by atoms with Crippen LogP contribution in [0, 0.1) is 0 Å². The fraction of sp³-hybridized carbons (Fsp3) is 0.0476. The molecule has 0 saturated carbocycles. The molecule has 4 rings (SSSR count). The number of fused-ring (bicyclic) bond motifs is 1. The summed E-state index contributed by atoms with van der Waals surface area (Å²) in [7, 11) is 0. The van der Waals surface area contributed by atoms with Gasteiger partial charge in [0.05, 0.1) is 11.3 Å². The number of hydrogen-bond acceptors (Lipinski definition) is 6. The van der Waals surface area contributed by atoms with Crippen molar-refractivity contribution in [2.24, 2.45) is 4.99 Å². The maximum Gasteiger partial charge on any atom is 0.267 e. The first-order valence-electron chi connectivity index (χ1n) is 8.48. The quantitative estimate of drug-likeness (QED) is 0.421. The molecule has 0 bridgehead atoms. The highest BCUT2D eigenvalue weighted by molar-refractivity contribution is 7.12. The number of pyridine rings is 1. The molecular weight excluding hydrogens is 374 g/mol. The van der Waals surface area contributed by atoms with Gasteiger partial charge in [-0.1, -0.05) is 18.2 Å². The molecule has 0 fully saturated rings. The summed E-state index contributed by atoms with van der Waals surface area (Å²) in [6, 6.07) is 13.9. The largest absolute Gasteiger partial charge is 0.494 e. The van der Waals surface area contributed by atoms with E-state index in [1.54, 1.807) is 60.1 Å². The maximum absolute atomic E-state index is 12.9. The van der Waals surface area contributed by atoms with Crippen LogP contribution >= 0.6 is 11.3 Å². The molecule has 0 radical (unpaired) electrons. The lowest BCUT2D eigenvalue weighted by molar-refractivity contribution is 0.101. The molecule has 0 saturated heterocycles. The van der Waals surface area contributed by atoms with Gasteiger partial charge in [-0.05, 0) is 37.3 Å². The molecule has 7 heteroatoms. The molecule has 2 heterocycles. The Labute approximate surface area is 164 Å². The normalized spacial score (nSPS) is 11.3. The van der Waals surface area contributed by atoms with Crippen molar-refractivity contribution in [3.63, 3.8) is 0 Å². The predicted octanol–water partition coefficient (Wildman–Crippen LogP) is 4.11. The van der Waals surface area contributed by atoms with Crippen molar-refractivity contribution in [2.75, 3.05) is 0 Å². The van der Waals surface area contributed by atoms with Crippen LogP contribution in [0.15, 0.2) is 69.9 Å². The standard InChI is InChI=1S/C21H15N3O3S/c1-13(25)14-6-8-15(9-7-14)23-12-18-16-4-2-3-5-17(16)19(26)24(20(18)27)21-22-10-11-28-21/h2-12,27H,1H3. The van der Waals surface area contributed by atoms with E-state index in [4.69, 9.17) is 0 Å². The van der Waals surface area contributed by atoms with E-state index < -0.39 is 0 Å². The molecule has 0 aliphatic carbocycles. The van der Waals surface area contributed by atoms with E-state index in [0.29, 0.717) is 32.7 Å². The minimum Gasteiger partial charge on any atom is -0.494 e. The lowest BCUT2D eigenvalue weighted by Gasteiger charge is -2.11. The van der Waals surface area contributed by atoms with Crippen LogP contribution in [0.5, 0.6) is 5.88 Å².